The lowest BCUT2D eigenvalue weighted by molar-refractivity contribution is -0.136. The third-order valence-electron chi connectivity index (χ3n) is 4.68. The normalized spacial score (nSPS) is 10.9. The Morgan fingerprint density at radius 1 is 0.893 bits per heavy atom. The molecule has 0 aliphatic heterocycles. The van der Waals surface area contributed by atoms with Crippen molar-refractivity contribution in [3.63, 3.8) is 0 Å². The fourth-order valence-corrected chi connectivity index (χ4v) is 3.70. The van der Waals surface area contributed by atoms with E-state index in [1.807, 2.05) is 60.7 Å². The van der Waals surface area contributed by atoms with Gasteiger partial charge in [-0.15, -0.1) is 0 Å². The molecule has 0 fully saturated rings. The molecule has 4 rings (SSSR count). The lowest BCUT2D eigenvalue weighted by Gasteiger charge is -2.05. The van der Waals surface area contributed by atoms with Crippen molar-refractivity contribution in [1.29, 1.82) is 0 Å². The van der Waals surface area contributed by atoms with Crippen LogP contribution in [0.2, 0.25) is 0 Å². The van der Waals surface area contributed by atoms with Crippen LogP contribution in [0.4, 0.5) is 0 Å². The molecule has 0 unspecified atom stereocenters. The summed E-state index contributed by atoms with van der Waals surface area (Å²) in [4.78, 5) is 27.6. The molecule has 0 saturated heterocycles. The van der Waals surface area contributed by atoms with Gasteiger partial charge in [0.1, 0.15) is 0 Å². The van der Waals surface area contributed by atoms with Crippen LogP contribution in [0.3, 0.4) is 0 Å². The summed E-state index contributed by atoms with van der Waals surface area (Å²) in [5.41, 5.74) is 4.16. The minimum atomic E-state index is -0.977. The highest BCUT2D eigenvalue weighted by molar-refractivity contribution is 9.10. The van der Waals surface area contributed by atoms with Gasteiger partial charge in [-0.1, -0.05) is 70.5 Å². The minimum Gasteiger partial charge on any atom is -0.481 e. The van der Waals surface area contributed by atoms with Gasteiger partial charge in [0.05, 0.1) is 12.1 Å². The maximum atomic E-state index is 13.1. The molecule has 2 N–H and O–H groups in total. The molecule has 3 aromatic carbocycles. The highest BCUT2D eigenvalue weighted by Gasteiger charge is 2.21. The van der Waals surface area contributed by atoms with Crippen LogP contribution < -0.4 is 0 Å². The molecule has 0 amide bonds. The van der Waals surface area contributed by atoms with Crippen molar-refractivity contribution in [2.45, 2.75) is 6.42 Å². The molecule has 28 heavy (non-hydrogen) atoms. The van der Waals surface area contributed by atoms with Crippen LogP contribution in [0.25, 0.3) is 22.0 Å². The van der Waals surface area contributed by atoms with Crippen molar-refractivity contribution in [2.24, 2.45) is 0 Å². The number of nitrogens with one attached hydrogen (secondary N) is 1. The first-order valence-electron chi connectivity index (χ1n) is 8.75. The van der Waals surface area contributed by atoms with Gasteiger partial charge >= 0.3 is 5.97 Å². The second-order valence-electron chi connectivity index (χ2n) is 6.51. The van der Waals surface area contributed by atoms with E-state index in [0.29, 0.717) is 16.8 Å². The number of H-pyrrole nitrogens is 1. The molecular weight excluding hydrogens is 418 g/mol. The zero-order valence-corrected chi connectivity index (χ0v) is 16.4. The van der Waals surface area contributed by atoms with Crippen LogP contribution in [0.5, 0.6) is 0 Å². The predicted octanol–water partition coefficient (Wildman–Crippen LogP) is 5.46. The van der Waals surface area contributed by atoms with Gasteiger partial charge in [0.2, 0.25) is 5.78 Å². The molecule has 0 bridgehead atoms. The zero-order chi connectivity index (χ0) is 19.7. The molecule has 0 spiro atoms. The quantitative estimate of drug-likeness (QED) is 0.410. The lowest BCUT2D eigenvalue weighted by atomic mass is 9.99. The molecule has 138 valence electrons. The van der Waals surface area contributed by atoms with Crippen LogP contribution in [0, 0.1) is 0 Å². The molecule has 4 aromatic rings. The zero-order valence-electron chi connectivity index (χ0n) is 14.8. The molecule has 0 saturated carbocycles. The Morgan fingerprint density at radius 3 is 2.25 bits per heavy atom. The van der Waals surface area contributed by atoms with Crippen LogP contribution in [-0.4, -0.2) is 21.8 Å². The minimum absolute atomic E-state index is 0.219. The molecule has 4 nitrogen and oxygen atoms in total. The first kappa shape index (κ1) is 18.2. The van der Waals surface area contributed by atoms with Gasteiger partial charge in [-0.05, 0) is 29.3 Å². The molecule has 0 radical (unpaired) electrons. The number of halogens is 1. The molecule has 0 aliphatic rings. The molecule has 1 aromatic heterocycles. The van der Waals surface area contributed by atoms with Gasteiger partial charge in [-0.2, -0.15) is 0 Å². The molecule has 0 atom stereocenters. The van der Waals surface area contributed by atoms with Crippen LogP contribution in [0.1, 0.15) is 21.6 Å². The predicted molar refractivity (Wildman–Crippen MR) is 113 cm³/mol. The Balaban J connectivity index is 1.75. The maximum Gasteiger partial charge on any atom is 0.307 e. The van der Waals surface area contributed by atoms with E-state index in [-0.39, 0.29) is 12.2 Å². The third kappa shape index (κ3) is 3.49. The fourth-order valence-electron chi connectivity index (χ4n) is 3.34. The van der Waals surface area contributed by atoms with Crippen LogP contribution in [0.15, 0.2) is 77.3 Å². The van der Waals surface area contributed by atoms with Gasteiger partial charge in [0.15, 0.2) is 0 Å². The van der Waals surface area contributed by atoms with Crippen molar-refractivity contribution in [2.75, 3.05) is 0 Å². The van der Waals surface area contributed by atoms with E-state index in [9.17, 15) is 14.7 Å². The second kappa shape index (κ2) is 7.44. The molecule has 5 heteroatoms. The second-order valence-corrected chi connectivity index (χ2v) is 7.43. The first-order chi connectivity index (χ1) is 13.5. The van der Waals surface area contributed by atoms with Crippen LogP contribution in [-0.2, 0) is 11.2 Å². The molecular formula is C23H16BrNO3. The third-order valence-corrected chi connectivity index (χ3v) is 5.17. The standard InChI is InChI=1S/C23H16BrNO3/c24-17-10-11-20-18(12-17)19(13-21(26)27)22(25-20)23(28)16-8-6-15(7-9-16)14-4-2-1-3-5-14/h1-12,25H,13H2,(H,26,27). The number of carbonyl (C=O) groups is 2. The highest BCUT2D eigenvalue weighted by Crippen LogP contribution is 2.28. The van der Waals surface area contributed by atoms with E-state index < -0.39 is 5.97 Å². The van der Waals surface area contributed by atoms with Gasteiger partial charge in [-0.3, -0.25) is 9.59 Å². The summed E-state index contributed by atoms with van der Waals surface area (Å²) in [6.07, 6.45) is -0.223. The molecule has 1 heterocycles. The SMILES string of the molecule is O=C(O)Cc1c(C(=O)c2ccc(-c3ccccc3)cc2)[nH]c2ccc(Br)cc12. The number of aromatic amines is 1. The van der Waals surface area contributed by atoms with Crippen LogP contribution >= 0.6 is 15.9 Å². The summed E-state index contributed by atoms with van der Waals surface area (Å²) >= 11 is 3.41. The number of hydrogen-bond donors (Lipinski definition) is 2. The summed E-state index contributed by atoms with van der Waals surface area (Å²) in [5.74, 6) is -1.20. The average molecular weight is 434 g/mol. The fraction of sp³-hybridized carbons (Fsp3) is 0.0435. The Hall–Kier alpha value is -3.18. The largest absolute Gasteiger partial charge is 0.481 e. The van der Waals surface area contributed by atoms with E-state index in [0.717, 1.165) is 26.5 Å². The van der Waals surface area contributed by atoms with Crippen molar-refractivity contribution in [3.8, 4) is 11.1 Å². The molecule has 0 aliphatic carbocycles. The smallest absolute Gasteiger partial charge is 0.307 e. The number of carboxylic acids is 1. The highest BCUT2D eigenvalue weighted by atomic mass is 79.9. The Morgan fingerprint density at radius 2 is 1.57 bits per heavy atom. The Kier molecular flexibility index (Phi) is 4.84. The summed E-state index contributed by atoms with van der Waals surface area (Å²) in [5, 5.41) is 10.1. The van der Waals surface area contributed by atoms with E-state index in [4.69, 9.17) is 0 Å². The number of aromatic nitrogens is 1. The number of fused-ring (bicyclic) bond motifs is 1. The lowest BCUT2D eigenvalue weighted by Crippen LogP contribution is -2.08. The Labute approximate surface area is 170 Å². The number of carbonyl (C=O) groups excluding carboxylic acids is 1. The number of ketones is 1. The van der Waals surface area contributed by atoms with E-state index >= 15 is 0 Å². The average Bonchev–Trinajstić information content (AvgIpc) is 3.05. The van der Waals surface area contributed by atoms with E-state index in [1.54, 1.807) is 12.1 Å². The summed E-state index contributed by atoms with van der Waals surface area (Å²) in [7, 11) is 0. The van der Waals surface area contributed by atoms with Crippen molar-refractivity contribution < 1.29 is 14.7 Å². The van der Waals surface area contributed by atoms with Gasteiger partial charge in [0.25, 0.3) is 0 Å². The number of hydrogen-bond acceptors (Lipinski definition) is 2. The van der Waals surface area contributed by atoms with Crippen molar-refractivity contribution in [3.05, 3.63) is 94.1 Å². The monoisotopic (exact) mass is 433 g/mol. The summed E-state index contributed by atoms with van der Waals surface area (Å²) in [6.45, 7) is 0. The number of aliphatic carboxylic acids is 1. The van der Waals surface area contributed by atoms with Gasteiger partial charge < -0.3 is 10.1 Å². The number of carboxylic acid groups (broad SMARTS) is 1. The number of benzene rings is 3. The van der Waals surface area contributed by atoms with Gasteiger partial charge in [-0.25, -0.2) is 0 Å². The number of rotatable bonds is 5. The summed E-state index contributed by atoms with van der Waals surface area (Å²) < 4.78 is 0.830. The topological polar surface area (TPSA) is 70.2 Å². The van der Waals surface area contributed by atoms with Crippen molar-refractivity contribution >= 4 is 38.6 Å². The first-order valence-corrected chi connectivity index (χ1v) is 9.54. The van der Waals surface area contributed by atoms with E-state index in [2.05, 4.69) is 20.9 Å². The Bertz CT molecular complexity index is 1180. The maximum absolute atomic E-state index is 13.1. The van der Waals surface area contributed by atoms with Gasteiger partial charge in [0, 0.05) is 26.5 Å². The van der Waals surface area contributed by atoms with E-state index in [1.165, 1.54) is 0 Å². The summed E-state index contributed by atoms with van der Waals surface area (Å²) in [6, 6.07) is 22.8. The van der Waals surface area contributed by atoms with Crippen molar-refractivity contribution in [1.82, 2.24) is 4.98 Å².